The fourth-order valence-corrected chi connectivity index (χ4v) is 0.751. The van der Waals surface area contributed by atoms with Crippen LogP contribution in [-0.4, -0.2) is 47.3 Å². The third-order valence-corrected chi connectivity index (χ3v) is 1.95. The van der Waals surface area contributed by atoms with Crippen LogP contribution in [0.3, 0.4) is 0 Å². The van der Waals surface area contributed by atoms with Gasteiger partial charge in [-0.2, -0.15) is 13.2 Å². The van der Waals surface area contributed by atoms with Crippen LogP contribution in [0.5, 0.6) is 0 Å². The quantitative estimate of drug-likeness (QED) is 0.650. The minimum Gasteiger partial charge on any atom is -0.475 e. The van der Waals surface area contributed by atoms with E-state index in [1.807, 2.05) is 0 Å². The second-order valence-electron chi connectivity index (χ2n) is 5.10. The first-order chi connectivity index (χ1) is 9.05. The Labute approximate surface area is 119 Å². The third-order valence-electron chi connectivity index (χ3n) is 1.95. The minimum absolute atomic E-state index is 0.395. The molecule has 7 nitrogen and oxygen atoms in total. The molecule has 10 heteroatoms. The summed E-state index contributed by atoms with van der Waals surface area (Å²) >= 11 is 0. The molecule has 1 amide bonds. The molecule has 0 heterocycles. The summed E-state index contributed by atoms with van der Waals surface area (Å²) in [6.07, 6.45) is -5.08. The number of nitrogens with two attached hydrogens (primary N) is 1. The van der Waals surface area contributed by atoms with E-state index >= 15 is 0 Å². The first-order valence-electron chi connectivity index (χ1n) is 5.55. The van der Waals surface area contributed by atoms with Gasteiger partial charge >= 0.3 is 18.1 Å². The average molecular weight is 316 g/mol. The van der Waals surface area contributed by atoms with Crippen molar-refractivity contribution in [2.24, 2.45) is 5.73 Å². The SMILES string of the molecule is COC(=O)C(C)(C)NC(=O)C(C)(C)N.O=C(O)C(F)(F)F. The number of hydrogen-bond donors (Lipinski definition) is 3. The van der Waals surface area contributed by atoms with Crippen molar-refractivity contribution in [3.8, 4) is 0 Å². The van der Waals surface area contributed by atoms with Gasteiger partial charge in [0.15, 0.2) is 0 Å². The van der Waals surface area contributed by atoms with Gasteiger partial charge in [0, 0.05) is 0 Å². The van der Waals surface area contributed by atoms with Gasteiger partial charge in [0.2, 0.25) is 5.91 Å². The van der Waals surface area contributed by atoms with Gasteiger partial charge < -0.3 is 20.9 Å². The molecule has 0 aliphatic heterocycles. The largest absolute Gasteiger partial charge is 0.490 e. The van der Waals surface area contributed by atoms with Gasteiger partial charge in [-0.1, -0.05) is 0 Å². The van der Waals surface area contributed by atoms with E-state index < -0.39 is 35.1 Å². The van der Waals surface area contributed by atoms with E-state index in [9.17, 15) is 22.8 Å². The van der Waals surface area contributed by atoms with Crippen LogP contribution in [-0.2, 0) is 19.1 Å². The van der Waals surface area contributed by atoms with Crippen molar-refractivity contribution < 1.29 is 37.4 Å². The van der Waals surface area contributed by atoms with Gasteiger partial charge in [-0.3, -0.25) is 4.79 Å². The Morgan fingerprint density at radius 3 is 1.62 bits per heavy atom. The Balaban J connectivity index is 0. The first kappa shape index (κ1) is 21.5. The van der Waals surface area contributed by atoms with Crippen molar-refractivity contribution in [2.45, 2.75) is 44.9 Å². The zero-order valence-electron chi connectivity index (χ0n) is 12.3. The molecule has 0 aromatic carbocycles. The number of halogens is 3. The highest BCUT2D eigenvalue weighted by Crippen LogP contribution is 2.13. The summed E-state index contributed by atoms with van der Waals surface area (Å²) < 4.78 is 36.3. The van der Waals surface area contributed by atoms with Crippen molar-refractivity contribution in [3.05, 3.63) is 0 Å². The van der Waals surface area contributed by atoms with Crippen LogP contribution in [0, 0.1) is 0 Å². The van der Waals surface area contributed by atoms with Crippen molar-refractivity contribution in [1.29, 1.82) is 0 Å². The predicted molar refractivity (Wildman–Crippen MR) is 66.2 cm³/mol. The molecule has 0 atom stereocenters. The maximum atomic E-state index is 11.5. The van der Waals surface area contributed by atoms with Crippen molar-refractivity contribution in [2.75, 3.05) is 7.11 Å². The third kappa shape index (κ3) is 8.84. The first-order valence-corrected chi connectivity index (χ1v) is 5.55. The number of alkyl halides is 3. The molecule has 0 radical (unpaired) electrons. The monoisotopic (exact) mass is 316 g/mol. The predicted octanol–water partition coefficient (Wildman–Crippen LogP) is 0.425. The van der Waals surface area contributed by atoms with Crippen molar-refractivity contribution >= 4 is 17.8 Å². The standard InChI is InChI=1S/C9H18N2O3.C2HF3O2/c1-8(2,10)6(12)11-9(3,4)7(13)14-5;3-2(4,5)1(6)7/h10H2,1-5H3,(H,11,12);(H,6,7). The molecule has 0 saturated carbocycles. The Bertz CT molecular complexity index is 400. The number of ether oxygens (including phenoxy) is 1. The Morgan fingerprint density at radius 1 is 1.10 bits per heavy atom. The topological polar surface area (TPSA) is 119 Å². The van der Waals surface area contributed by atoms with Crippen molar-refractivity contribution in [3.63, 3.8) is 0 Å². The van der Waals surface area contributed by atoms with E-state index in [0.717, 1.165) is 0 Å². The Morgan fingerprint density at radius 2 is 1.43 bits per heavy atom. The lowest BCUT2D eigenvalue weighted by Crippen LogP contribution is -2.58. The van der Waals surface area contributed by atoms with Gasteiger partial charge in [-0.15, -0.1) is 0 Å². The molecule has 0 aromatic rings. The molecule has 0 unspecified atom stereocenters. The molecule has 0 fully saturated rings. The number of carbonyl (C=O) groups excluding carboxylic acids is 2. The number of methoxy groups -OCH3 is 1. The molecule has 0 aliphatic rings. The molecule has 0 saturated heterocycles. The molecule has 0 bridgehead atoms. The highest BCUT2D eigenvalue weighted by Gasteiger charge is 2.38. The summed E-state index contributed by atoms with van der Waals surface area (Å²) in [6.45, 7) is 6.25. The fourth-order valence-electron chi connectivity index (χ4n) is 0.751. The zero-order chi connectivity index (χ0) is 17.6. The van der Waals surface area contributed by atoms with Crippen LogP contribution in [0.25, 0.3) is 0 Å². The number of carbonyl (C=O) groups is 3. The normalized spacial score (nSPS) is 11.9. The molecule has 21 heavy (non-hydrogen) atoms. The summed E-state index contributed by atoms with van der Waals surface area (Å²) in [5.41, 5.74) is 3.50. The molecule has 0 aromatic heterocycles. The minimum atomic E-state index is -5.08. The molecular formula is C11H19F3N2O5. The number of rotatable bonds is 3. The molecular weight excluding hydrogens is 297 g/mol. The molecule has 0 spiro atoms. The van der Waals surface area contributed by atoms with E-state index in [4.69, 9.17) is 15.6 Å². The lowest BCUT2D eigenvalue weighted by atomic mass is 10.0. The van der Waals surface area contributed by atoms with Crippen LogP contribution in [0.2, 0.25) is 0 Å². The smallest absolute Gasteiger partial charge is 0.475 e. The van der Waals surface area contributed by atoms with Gasteiger partial charge in [0.05, 0.1) is 12.6 Å². The number of aliphatic carboxylic acids is 1. The number of nitrogens with one attached hydrogen (secondary N) is 1. The van der Waals surface area contributed by atoms with Crippen LogP contribution in [0.1, 0.15) is 27.7 Å². The summed E-state index contributed by atoms with van der Waals surface area (Å²) in [6, 6.07) is 0. The van der Waals surface area contributed by atoms with Crippen LogP contribution in [0.15, 0.2) is 0 Å². The fraction of sp³-hybridized carbons (Fsp3) is 0.727. The summed E-state index contributed by atoms with van der Waals surface area (Å²) in [4.78, 5) is 31.6. The summed E-state index contributed by atoms with van der Waals surface area (Å²) in [5, 5.41) is 9.63. The second kappa shape index (κ2) is 7.25. The van der Waals surface area contributed by atoms with Gasteiger partial charge in [0.1, 0.15) is 5.54 Å². The lowest BCUT2D eigenvalue weighted by molar-refractivity contribution is -0.192. The zero-order valence-corrected chi connectivity index (χ0v) is 12.3. The van der Waals surface area contributed by atoms with Crippen LogP contribution < -0.4 is 11.1 Å². The van der Waals surface area contributed by atoms with Crippen LogP contribution in [0.4, 0.5) is 13.2 Å². The van der Waals surface area contributed by atoms with E-state index in [1.54, 1.807) is 27.7 Å². The van der Waals surface area contributed by atoms with E-state index in [-0.39, 0.29) is 0 Å². The second-order valence-corrected chi connectivity index (χ2v) is 5.10. The summed E-state index contributed by atoms with van der Waals surface area (Å²) in [5.74, 6) is -3.66. The van der Waals surface area contributed by atoms with Gasteiger partial charge in [-0.25, -0.2) is 9.59 Å². The van der Waals surface area contributed by atoms with Gasteiger partial charge in [-0.05, 0) is 27.7 Å². The number of amides is 1. The number of carboxylic acid groups (broad SMARTS) is 1. The van der Waals surface area contributed by atoms with E-state index in [2.05, 4.69) is 10.1 Å². The lowest BCUT2D eigenvalue weighted by Gasteiger charge is -2.27. The van der Waals surface area contributed by atoms with Gasteiger partial charge in [0.25, 0.3) is 0 Å². The molecule has 0 aliphatic carbocycles. The maximum absolute atomic E-state index is 11.5. The summed E-state index contributed by atoms with van der Waals surface area (Å²) in [7, 11) is 1.27. The van der Waals surface area contributed by atoms with E-state index in [0.29, 0.717) is 0 Å². The molecule has 124 valence electrons. The number of esters is 1. The number of carboxylic acids is 1. The molecule has 4 N–H and O–H groups in total. The highest BCUT2D eigenvalue weighted by atomic mass is 19.4. The Kier molecular flexibility index (Phi) is 7.41. The Hall–Kier alpha value is -1.84. The molecule has 0 rings (SSSR count). The maximum Gasteiger partial charge on any atom is 0.490 e. The van der Waals surface area contributed by atoms with Crippen LogP contribution >= 0.6 is 0 Å². The van der Waals surface area contributed by atoms with E-state index in [1.165, 1.54) is 7.11 Å². The number of hydrogen-bond acceptors (Lipinski definition) is 5. The average Bonchev–Trinajstić information content (AvgIpc) is 2.25. The highest BCUT2D eigenvalue weighted by molar-refractivity contribution is 5.91. The van der Waals surface area contributed by atoms with Crippen molar-refractivity contribution in [1.82, 2.24) is 5.32 Å².